The van der Waals surface area contributed by atoms with Crippen LogP contribution < -0.4 is 4.74 Å². The van der Waals surface area contributed by atoms with Crippen molar-refractivity contribution in [2.75, 3.05) is 0 Å². The Morgan fingerprint density at radius 2 is 2.08 bits per heavy atom. The molecule has 0 spiro atoms. The third-order valence-electron chi connectivity index (χ3n) is 4.97. The fourth-order valence-electron chi connectivity index (χ4n) is 3.69. The van der Waals surface area contributed by atoms with Gasteiger partial charge in [-0.15, -0.1) is 0 Å². The van der Waals surface area contributed by atoms with Crippen molar-refractivity contribution in [1.82, 2.24) is 0 Å². The number of hydrogen-bond acceptors (Lipinski definition) is 3. The van der Waals surface area contributed by atoms with E-state index in [4.69, 9.17) is 9.47 Å². The highest BCUT2D eigenvalue weighted by Crippen LogP contribution is 2.46. The van der Waals surface area contributed by atoms with Crippen LogP contribution in [0.3, 0.4) is 0 Å². The lowest BCUT2D eigenvalue weighted by atomic mass is 9.95. The Hall–Kier alpha value is -2.07. The quantitative estimate of drug-likeness (QED) is 0.475. The van der Waals surface area contributed by atoms with E-state index in [0.29, 0.717) is 18.9 Å². The molecule has 0 saturated carbocycles. The molecule has 2 atom stereocenters. The molecule has 0 saturated heterocycles. The number of carbonyl (C=O) groups is 1. The van der Waals surface area contributed by atoms with Crippen molar-refractivity contribution >= 4 is 21.9 Å². The summed E-state index contributed by atoms with van der Waals surface area (Å²) in [6.45, 7) is 0.338. The Labute approximate surface area is 162 Å². The molecule has 0 aromatic heterocycles. The first-order valence-electron chi connectivity index (χ1n) is 9.06. The number of carbonyl (C=O) groups excluding carboxylic acids is 1. The molecule has 4 rings (SSSR count). The van der Waals surface area contributed by atoms with Crippen LogP contribution in [0.2, 0.25) is 0 Å². The normalized spacial score (nSPS) is 19.7. The number of rotatable bonds is 6. The zero-order valence-corrected chi connectivity index (χ0v) is 16.1. The summed E-state index contributed by atoms with van der Waals surface area (Å²) in [6.07, 6.45) is 7.64. The summed E-state index contributed by atoms with van der Waals surface area (Å²) in [6, 6.07) is 14.0. The number of aryl methyl sites for hydroxylation is 1. The van der Waals surface area contributed by atoms with Gasteiger partial charge in [0, 0.05) is 28.8 Å². The SMILES string of the molecule is O=C(CCCc1cc(Br)cc2c1O[C@@H]1CC=C[C@H]21)OCc1ccccc1. The van der Waals surface area contributed by atoms with E-state index in [1.807, 2.05) is 30.3 Å². The number of benzene rings is 2. The Kier molecular flexibility index (Phi) is 5.11. The Bertz CT molecular complexity index is 829. The highest BCUT2D eigenvalue weighted by Gasteiger charge is 2.36. The third-order valence-corrected chi connectivity index (χ3v) is 5.43. The maximum absolute atomic E-state index is 12.0. The van der Waals surface area contributed by atoms with Gasteiger partial charge >= 0.3 is 5.97 Å². The van der Waals surface area contributed by atoms with Gasteiger partial charge in [-0.2, -0.15) is 0 Å². The summed E-state index contributed by atoms with van der Waals surface area (Å²) >= 11 is 3.61. The lowest BCUT2D eigenvalue weighted by Crippen LogP contribution is -2.12. The lowest BCUT2D eigenvalue weighted by Gasteiger charge is -2.11. The molecule has 1 aliphatic carbocycles. The molecule has 0 amide bonds. The van der Waals surface area contributed by atoms with E-state index in [0.717, 1.165) is 35.0 Å². The predicted molar refractivity (Wildman–Crippen MR) is 104 cm³/mol. The number of halogens is 1. The fraction of sp³-hybridized carbons (Fsp3) is 0.318. The summed E-state index contributed by atoms with van der Waals surface area (Å²) < 4.78 is 12.6. The maximum atomic E-state index is 12.0. The minimum absolute atomic E-state index is 0.152. The van der Waals surface area contributed by atoms with Crippen LogP contribution in [0.25, 0.3) is 0 Å². The molecule has 0 fully saturated rings. The van der Waals surface area contributed by atoms with Crippen LogP contribution >= 0.6 is 15.9 Å². The van der Waals surface area contributed by atoms with Crippen molar-refractivity contribution < 1.29 is 14.3 Å². The predicted octanol–water partition coefficient (Wildman–Crippen LogP) is 5.32. The smallest absolute Gasteiger partial charge is 0.306 e. The maximum Gasteiger partial charge on any atom is 0.306 e. The van der Waals surface area contributed by atoms with Gasteiger partial charge in [-0.05, 0) is 36.1 Å². The highest BCUT2D eigenvalue weighted by atomic mass is 79.9. The van der Waals surface area contributed by atoms with E-state index >= 15 is 0 Å². The van der Waals surface area contributed by atoms with Crippen molar-refractivity contribution in [3.63, 3.8) is 0 Å². The topological polar surface area (TPSA) is 35.5 Å². The Morgan fingerprint density at radius 1 is 1.23 bits per heavy atom. The molecule has 3 nitrogen and oxygen atoms in total. The summed E-state index contributed by atoms with van der Waals surface area (Å²) in [5.41, 5.74) is 3.45. The van der Waals surface area contributed by atoms with Gasteiger partial charge in [0.1, 0.15) is 18.5 Å². The second kappa shape index (κ2) is 7.67. The summed E-state index contributed by atoms with van der Waals surface area (Å²) in [4.78, 5) is 12.0. The van der Waals surface area contributed by atoms with E-state index in [9.17, 15) is 4.79 Å². The first kappa shape index (κ1) is 17.3. The molecular formula is C22H21BrO3. The number of fused-ring (bicyclic) bond motifs is 3. The van der Waals surface area contributed by atoms with Crippen molar-refractivity contribution in [1.29, 1.82) is 0 Å². The minimum Gasteiger partial charge on any atom is -0.489 e. The molecule has 2 aromatic carbocycles. The zero-order chi connectivity index (χ0) is 17.9. The minimum atomic E-state index is -0.152. The van der Waals surface area contributed by atoms with Gasteiger partial charge in [0.2, 0.25) is 0 Å². The largest absolute Gasteiger partial charge is 0.489 e. The van der Waals surface area contributed by atoms with Gasteiger partial charge < -0.3 is 9.47 Å². The van der Waals surface area contributed by atoms with Gasteiger partial charge in [0.25, 0.3) is 0 Å². The van der Waals surface area contributed by atoms with Gasteiger partial charge in [-0.25, -0.2) is 0 Å². The Morgan fingerprint density at radius 3 is 2.92 bits per heavy atom. The number of esters is 1. The standard InChI is InChI=1S/C22H21BrO3/c23-17-12-16(22-19(13-17)18-9-5-10-20(18)26-22)8-4-11-21(24)25-14-15-6-2-1-3-7-15/h1-3,5-7,9,12-13,18,20H,4,8,10-11,14H2/t18-,20-/m1/s1. The Balaban J connectivity index is 1.33. The summed E-state index contributed by atoms with van der Waals surface area (Å²) in [5.74, 6) is 1.24. The van der Waals surface area contributed by atoms with Gasteiger partial charge in [0.15, 0.2) is 0 Å². The lowest BCUT2D eigenvalue weighted by molar-refractivity contribution is -0.145. The second-order valence-corrected chi connectivity index (χ2v) is 7.74. The summed E-state index contributed by atoms with van der Waals surface area (Å²) in [5, 5.41) is 0. The van der Waals surface area contributed by atoms with Crippen LogP contribution in [0.5, 0.6) is 5.75 Å². The van der Waals surface area contributed by atoms with E-state index in [-0.39, 0.29) is 12.1 Å². The second-order valence-electron chi connectivity index (χ2n) is 6.83. The molecule has 0 radical (unpaired) electrons. The first-order chi connectivity index (χ1) is 12.7. The molecule has 2 aliphatic rings. The van der Waals surface area contributed by atoms with Gasteiger partial charge in [-0.1, -0.05) is 58.4 Å². The molecule has 0 unspecified atom stereocenters. The molecule has 26 heavy (non-hydrogen) atoms. The number of ether oxygens (including phenoxy) is 2. The van der Waals surface area contributed by atoms with E-state index < -0.39 is 0 Å². The van der Waals surface area contributed by atoms with E-state index in [1.54, 1.807) is 0 Å². The number of hydrogen-bond donors (Lipinski definition) is 0. The molecular weight excluding hydrogens is 392 g/mol. The van der Waals surface area contributed by atoms with Crippen LogP contribution in [-0.2, 0) is 22.6 Å². The zero-order valence-electron chi connectivity index (χ0n) is 14.5. The van der Waals surface area contributed by atoms with Crippen LogP contribution in [-0.4, -0.2) is 12.1 Å². The van der Waals surface area contributed by atoms with Gasteiger partial charge in [0.05, 0.1) is 0 Å². The average Bonchev–Trinajstić information content (AvgIpc) is 3.23. The fourth-order valence-corrected chi connectivity index (χ4v) is 4.21. The molecule has 134 valence electrons. The first-order valence-corrected chi connectivity index (χ1v) is 9.85. The van der Waals surface area contributed by atoms with Crippen LogP contribution in [0.4, 0.5) is 0 Å². The van der Waals surface area contributed by atoms with E-state index in [2.05, 4.69) is 40.2 Å². The van der Waals surface area contributed by atoms with Crippen LogP contribution in [0, 0.1) is 0 Å². The van der Waals surface area contributed by atoms with Crippen molar-refractivity contribution in [2.45, 2.75) is 44.3 Å². The highest BCUT2D eigenvalue weighted by molar-refractivity contribution is 9.10. The molecule has 0 N–H and O–H groups in total. The summed E-state index contributed by atoms with van der Waals surface area (Å²) in [7, 11) is 0. The molecule has 1 aliphatic heterocycles. The van der Waals surface area contributed by atoms with Crippen molar-refractivity contribution in [2.24, 2.45) is 0 Å². The monoisotopic (exact) mass is 412 g/mol. The van der Waals surface area contributed by atoms with Crippen LogP contribution in [0.15, 0.2) is 59.1 Å². The van der Waals surface area contributed by atoms with Crippen molar-refractivity contribution in [3.8, 4) is 5.75 Å². The molecule has 2 aromatic rings. The van der Waals surface area contributed by atoms with E-state index in [1.165, 1.54) is 11.1 Å². The third kappa shape index (κ3) is 3.70. The van der Waals surface area contributed by atoms with Crippen LogP contribution in [0.1, 0.15) is 41.9 Å². The molecule has 4 heteroatoms. The molecule has 0 bridgehead atoms. The van der Waals surface area contributed by atoms with Gasteiger partial charge in [-0.3, -0.25) is 4.79 Å². The average molecular weight is 413 g/mol. The van der Waals surface area contributed by atoms with Crippen molar-refractivity contribution in [3.05, 3.63) is 75.8 Å². The molecule has 1 heterocycles.